The van der Waals surface area contributed by atoms with Crippen LogP contribution in [-0.2, 0) is 16.0 Å². The molecule has 1 aliphatic heterocycles. The lowest BCUT2D eigenvalue weighted by Crippen LogP contribution is -2.35. The number of carbonyl (C=O) groups excluding carboxylic acids is 3. The molecule has 1 unspecified atom stereocenters. The Hall–Kier alpha value is -1.31. The van der Waals surface area contributed by atoms with Crippen molar-refractivity contribution in [1.82, 2.24) is 0 Å². The van der Waals surface area contributed by atoms with Gasteiger partial charge in [0.25, 0.3) is 0 Å². The van der Waals surface area contributed by atoms with Gasteiger partial charge in [-0.3, -0.25) is 14.4 Å². The normalized spacial score (nSPS) is 21.1. The molecule has 3 rings (SSSR count). The number of Topliss-reactive ketones (excluding diaryl/α,β-unsaturated/α-hetero) is 3. The Morgan fingerprint density at radius 2 is 2.08 bits per heavy atom. The molecule has 1 heterocycles. The summed E-state index contributed by atoms with van der Waals surface area (Å²) < 4.78 is 0.216. The Kier molecular flexibility index (Phi) is 5.86. The minimum absolute atomic E-state index is 0.216. The van der Waals surface area contributed by atoms with Gasteiger partial charge in [-0.1, -0.05) is 11.6 Å². The van der Waals surface area contributed by atoms with E-state index in [0.29, 0.717) is 23.6 Å². The van der Waals surface area contributed by atoms with Crippen molar-refractivity contribution in [1.29, 1.82) is 0 Å². The first-order valence-corrected chi connectivity index (χ1v) is 10.2. The Morgan fingerprint density at radius 3 is 2.76 bits per heavy atom. The smallest absolute Gasteiger partial charge is 0.182 e. The number of thioether (sulfide) groups is 2. The number of halogens is 1. The number of oxime groups is 1. The molecule has 1 aliphatic carbocycles. The van der Waals surface area contributed by atoms with Gasteiger partial charge in [-0.2, -0.15) is 0 Å². The van der Waals surface area contributed by atoms with Crippen LogP contribution in [0.25, 0.3) is 0 Å². The highest BCUT2D eigenvalue weighted by Gasteiger charge is 2.38. The summed E-state index contributed by atoms with van der Waals surface area (Å²) in [6, 6.07) is 3.45. The zero-order valence-corrected chi connectivity index (χ0v) is 15.6. The van der Waals surface area contributed by atoms with Gasteiger partial charge in [0.05, 0.1) is 15.8 Å². The summed E-state index contributed by atoms with van der Waals surface area (Å²) in [5.41, 5.74) is 1.14. The van der Waals surface area contributed by atoms with Gasteiger partial charge < -0.3 is 5.21 Å². The average Bonchev–Trinajstić information content (AvgIpc) is 2.99. The summed E-state index contributed by atoms with van der Waals surface area (Å²) in [7, 11) is 0. The van der Waals surface area contributed by atoms with Crippen LogP contribution in [0.5, 0.6) is 0 Å². The number of hydrogen-bond acceptors (Lipinski definition) is 7. The highest BCUT2D eigenvalue weighted by molar-refractivity contribution is 8.17. The van der Waals surface area contributed by atoms with Crippen molar-refractivity contribution in [3.05, 3.63) is 28.3 Å². The maximum atomic E-state index is 12.8. The predicted molar refractivity (Wildman–Crippen MR) is 99.2 cm³/mol. The fraction of sp³-hybridized carbons (Fsp3) is 0.412. The van der Waals surface area contributed by atoms with Gasteiger partial charge in [0, 0.05) is 29.1 Å². The number of carbonyl (C=O) groups is 3. The standard InChI is InChI=1S/C17H16ClNO4S2/c18-16-9(17(22)15-11(20)2-1-3-12(15)21)4-5-13-10(16)8-14(25-13)24-7-6-19-23/h4-6,14-15,23H,1-3,7-8H2. The number of hydrogen-bond donors (Lipinski definition) is 1. The van der Waals surface area contributed by atoms with Gasteiger partial charge in [0.2, 0.25) is 0 Å². The van der Waals surface area contributed by atoms with Crippen LogP contribution in [0, 0.1) is 5.92 Å². The fourth-order valence-corrected chi connectivity index (χ4v) is 5.94. The van der Waals surface area contributed by atoms with Crippen LogP contribution in [0.15, 0.2) is 22.2 Å². The van der Waals surface area contributed by atoms with E-state index in [1.54, 1.807) is 29.6 Å². The molecule has 0 spiro atoms. The Morgan fingerprint density at radius 1 is 1.36 bits per heavy atom. The highest BCUT2D eigenvalue weighted by atomic mass is 35.5. The predicted octanol–water partition coefficient (Wildman–Crippen LogP) is 3.63. The Labute approximate surface area is 158 Å². The van der Waals surface area contributed by atoms with Crippen molar-refractivity contribution in [3.8, 4) is 0 Å². The molecule has 132 valence electrons. The third kappa shape index (κ3) is 3.78. The lowest BCUT2D eigenvalue weighted by Gasteiger charge is -2.19. The Balaban J connectivity index is 1.82. The zero-order chi connectivity index (χ0) is 18.0. The zero-order valence-electron chi connectivity index (χ0n) is 13.2. The van der Waals surface area contributed by atoms with Crippen LogP contribution in [-0.4, -0.2) is 39.1 Å². The van der Waals surface area contributed by atoms with Crippen molar-refractivity contribution in [2.24, 2.45) is 11.1 Å². The monoisotopic (exact) mass is 397 g/mol. The third-order valence-electron chi connectivity index (χ3n) is 4.29. The molecule has 1 fully saturated rings. The largest absolute Gasteiger partial charge is 0.411 e. The third-order valence-corrected chi connectivity index (χ3v) is 7.36. The van der Waals surface area contributed by atoms with E-state index in [1.807, 2.05) is 6.07 Å². The van der Waals surface area contributed by atoms with Crippen LogP contribution in [0.4, 0.5) is 0 Å². The molecule has 25 heavy (non-hydrogen) atoms. The van der Waals surface area contributed by atoms with Crippen molar-refractivity contribution in [3.63, 3.8) is 0 Å². The second-order valence-electron chi connectivity index (χ2n) is 5.87. The number of rotatable bonds is 5. The average molecular weight is 398 g/mol. The molecule has 0 saturated heterocycles. The summed E-state index contributed by atoms with van der Waals surface area (Å²) in [6.45, 7) is 0. The van der Waals surface area contributed by atoms with Gasteiger partial charge in [-0.15, -0.1) is 28.7 Å². The first-order chi connectivity index (χ1) is 12.0. The molecule has 1 saturated carbocycles. The Bertz CT molecular complexity index is 749. The van der Waals surface area contributed by atoms with Gasteiger partial charge in [0.1, 0.15) is 5.92 Å². The van der Waals surface area contributed by atoms with Gasteiger partial charge >= 0.3 is 0 Å². The molecule has 0 aromatic heterocycles. The van der Waals surface area contributed by atoms with E-state index in [9.17, 15) is 14.4 Å². The van der Waals surface area contributed by atoms with Crippen LogP contribution in [0.1, 0.15) is 35.2 Å². The topological polar surface area (TPSA) is 83.8 Å². The summed E-state index contributed by atoms with van der Waals surface area (Å²) in [6.07, 6.45) is 3.16. The van der Waals surface area contributed by atoms with E-state index in [2.05, 4.69) is 5.16 Å². The van der Waals surface area contributed by atoms with Gasteiger partial charge in [0.15, 0.2) is 17.3 Å². The number of benzene rings is 1. The van der Waals surface area contributed by atoms with E-state index in [-0.39, 0.29) is 34.6 Å². The van der Waals surface area contributed by atoms with E-state index in [1.165, 1.54) is 6.21 Å². The molecule has 0 radical (unpaired) electrons. The maximum absolute atomic E-state index is 12.8. The summed E-state index contributed by atoms with van der Waals surface area (Å²) in [5.74, 6) is -1.69. The van der Waals surface area contributed by atoms with Crippen LogP contribution in [0.2, 0.25) is 5.02 Å². The van der Waals surface area contributed by atoms with E-state index >= 15 is 0 Å². The van der Waals surface area contributed by atoms with Crippen LogP contribution >= 0.6 is 35.1 Å². The molecule has 1 aromatic carbocycles. The highest BCUT2D eigenvalue weighted by Crippen LogP contribution is 2.46. The van der Waals surface area contributed by atoms with E-state index < -0.39 is 11.7 Å². The molecule has 2 aliphatic rings. The fourth-order valence-electron chi connectivity index (χ4n) is 3.07. The van der Waals surface area contributed by atoms with E-state index in [0.717, 1.165) is 10.5 Å². The number of nitrogens with zero attached hydrogens (tertiary/aromatic N) is 1. The molecular weight excluding hydrogens is 382 g/mol. The molecule has 0 bridgehead atoms. The molecule has 1 aromatic rings. The van der Waals surface area contributed by atoms with Crippen molar-refractivity contribution >= 4 is 58.7 Å². The summed E-state index contributed by atoms with van der Waals surface area (Å²) >= 11 is 9.72. The summed E-state index contributed by atoms with van der Waals surface area (Å²) in [5, 5.41) is 11.8. The molecule has 0 amide bonds. The molecule has 1 N–H and O–H groups in total. The number of fused-ring (bicyclic) bond motifs is 1. The molecular formula is C17H16ClNO4S2. The molecule has 1 atom stereocenters. The van der Waals surface area contributed by atoms with Crippen molar-refractivity contribution < 1.29 is 19.6 Å². The first-order valence-electron chi connectivity index (χ1n) is 7.88. The number of ketones is 3. The minimum Gasteiger partial charge on any atom is -0.411 e. The van der Waals surface area contributed by atoms with Crippen LogP contribution in [0.3, 0.4) is 0 Å². The second kappa shape index (κ2) is 7.93. The second-order valence-corrected chi connectivity index (χ2v) is 9.03. The quantitative estimate of drug-likeness (QED) is 0.268. The van der Waals surface area contributed by atoms with Crippen molar-refractivity contribution in [2.75, 3.05) is 5.75 Å². The van der Waals surface area contributed by atoms with Crippen molar-refractivity contribution in [2.45, 2.75) is 35.2 Å². The maximum Gasteiger partial charge on any atom is 0.182 e. The molecule has 8 heteroatoms. The minimum atomic E-state index is -1.19. The van der Waals surface area contributed by atoms with Gasteiger partial charge in [-0.05, 0) is 30.5 Å². The lowest BCUT2D eigenvalue weighted by molar-refractivity contribution is -0.133. The van der Waals surface area contributed by atoms with Gasteiger partial charge in [-0.25, -0.2) is 0 Å². The van der Waals surface area contributed by atoms with E-state index in [4.69, 9.17) is 16.8 Å². The summed E-state index contributed by atoms with van der Waals surface area (Å²) in [4.78, 5) is 37.8. The van der Waals surface area contributed by atoms with Crippen LogP contribution < -0.4 is 0 Å². The SMILES string of the molecule is O=C1CCCC(=O)C1C(=O)c1ccc2c(c1Cl)CC(SCC=NO)S2. The first kappa shape index (κ1) is 18.5. The lowest BCUT2D eigenvalue weighted by atomic mass is 9.81. The molecule has 5 nitrogen and oxygen atoms in total.